The zero-order valence-electron chi connectivity index (χ0n) is 13.0. The SMILES string of the molecule is C#Cc1cc(=O)oc2cc(NC3[C@H](O)OC(CO)[C@@H](O)[C@@H]3O)ccc12. The van der Waals surface area contributed by atoms with Gasteiger partial charge >= 0.3 is 5.63 Å². The van der Waals surface area contributed by atoms with Gasteiger partial charge in [-0.15, -0.1) is 6.42 Å². The normalized spacial score (nSPS) is 29.3. The summed E-state index contributed by atoms with van der Waals surface area (Å²) in [6.45, 7) is -0.544. The van der Waals surface area contributed by atoms with Crippen LogP contribution >= 0.6 is 0 Å². The lowest BCUT2D eigenvalue weighted by Crippen LogP contribution is -2.61. The van der Waals surface area contributed by atoms with Gasteiger partial charge in [-0.1, -0.05) is 5.92 Å². The van der Waals surface area contributed by atoms with Crippen LogP contribution < -0.4 is 10.9 Å². The van der Waals surface area contributed by atoms with Crippen LogP contribution in [-0.2, 0) is 4.74 Å². The first-order chi connectivity index (χ1) is 11.9. The molecule has 0 spiro atoms. The maximum absolute atomic E-state index is 11.5. The lowest BCUT2D eigenvalue weighted by molar-refractivity contribution is -0.245. The molecule has 8 heteroatoms. The molecule has 8 nitrogen and oxygen atoms in total. The van der Waals surface area contributed by atoms with Crippen molar-refractivity contribution in [3.63, 3.8) is 0 Å². The highest BCUT2D eigenvalue weighted by Gasteiger charge is 2.43. The van der Waals surface area contributed by atoms with Crippen molar-refractivity contribution in [2.45, 2.75) is 30.6 Å². The predicted octanol–water partition coefficient (Wildman–Crippen LogP) is -1.01. The fourth-order valence-electron chi connectivity index (χ4n) is 2.82. The zero-order chi connectivity index (χ0) is 18.1. The molecule has 1 aliphatic heterocycles. The molecular weight excluding hydrogens is 330 g/mol. The van der Waals surface area contributed by atoms with Crippen LogP contribution in [0.2, 0.25) is 0 Å². The second-order valence-corrected chi connectivity index (χ2v) is 5.73. The van der Waals surface area contributed by atoms with Crippen molar-refractivity contribution in [2.24, 2.45) is 0 Å². The first-order valence-corrected chi connectivity index (χ1v) is 7.56. The molecule has 132 valence electrons. The Labute approximate surface area is 142 Å². The number of terminal acetylenes is 1. The summed E-state index contributed by atoms with van der Waals surface area (Å²) >= 11 is 0. The maximum Gasteiger partial charge on any atom is 0.337 e. The van der Waals surface area contributed by atoms with Crippen LogP contribution in [0.4, 0.5) is 5.69 Å². The summed E-state index contributed by atoms with van der Waals surface area (Å²) in [4.78, 5) is 11.5. The van der Waals surface area contributed by atoms with E-state index in [-0.39, 0.29) is 5.58 Å². The Morgan fingerprint density at radius 3 is 2.64 bits per heavy atom. The number of benzene rings is 1. The molecule has 0 amide bonds. The van der Waals surface area contributed by atoms with Gasteiger partial charge in [0.15, 0.2) is 6.29 Å². The van der Waals surface area contributed by atoms with E-state index in [1.54, 1.807) is 12.1 Å². The molecule has 1 aliphatic rings. The van der Waals surface area contributed by atoms with Crippen LogP contribution in [0.25, 0.3) is 11.0 Å². The molecule has 1 aromatic heterocycles. The van der Waals surface area contributed by atoms with Gasteiger partial charge in [0.1, 0.15) is 29.9 Å². The largest absolute Gasteiger partial charge is 0.423 e. The van der Waals surface area contributed by atoms with E-state index in [0.717, 1.165) is 0 Å². The maximum atomic E-state index is 11.5. The highest BCUT2D eigenvalue weighted by Crippen LogP contribution is 2.26. The molecule has 1 aromatic carbocycles. The van der Waals surface area contributed by atoms with Crippen molar-refractivity contribution in [1.82, 2.24) is 0 Å². The summed E-state index contributed by atoms with van der Waals surface area (Å²) in [6.07, 6.45) is 0.0575. The molecule has 0 aliphatic carbocycles. The number of ether oxygens (including phenoxy) is 1. The van der Waals surface area contributed by atoms with Crippen molar-refractivity contribution in [3.8, 4) is 12.3 Å². The van der Waals surface area contributed by atoms with E-state index in [2.05, 4.69) is 11.2 Å². The van der Waals surface area contributed by atoms with Gasteiger partial charge in [-0.3, -0.25) is 0 Å². The molecular formula is C17H17NO7. The van der Waals surface area contributed by atoms with Gasteiger partial charge in [0.25, 0.3) is 0 Å². The lowest BCUT2D eigenvalue weighted by atomic mass is 9.96. The highest BCUT2D eigenvalue weighted by atomic mass is 16.6. The van der Waals surface area contributed by atoms with E-state index in [4.69, 9.17) is 20.7 Å². The average Bonchev–Trinajstić information content (AvgIpc) is 2.60. The van der Waals surface area contributed by atoms with Crippen LogP contribution in [0.1, 0.15) is 5.56 Å². The molecule has 5 N–H and O–H groups in total. The molecule has 0 radical (unpaired) electrons. The van der Waals surface area contributed by atoms with E-state index >= 15 is 0 Å². The molecule has 1 fully saturated rings. The number of fused-ring (bicyclic) bond motifs is 1. The smallest absolute Gasteiger partial charge is 0.337 e. The summed E-state index contributed by atoms with van der Waals surface area (Å²) in [5, 5.41) is 42.5. The molecule has 0 saturated carbocycles. The monoisotopic (exact) mass is 347 g/mol. The third-order valence-corrected chi connectivity index (χ3v) is 4.13. The van der Waals surface area contributed by atoms with E-state index in [1.807, 2.05) is 0 Å². The first kappa shape index (κ1) is 17.4. The van der Waals surface area contributed by atoms with Crippen molar-refractivity contribution in [1.29, 1.82) is 0 Å². The number of aliphatic hydroxyl groups is 4. The Morgan fingerprint density at radius 2 is 1.96 bits per heavy atom. The molecule has 2 heterocycles. The summed E-state index contributed by atoms with van der Waals surface area (Å²) in [7, 11) is 0. The van der Waals surface area contributed by atoms with Crippen LogP contribution in [0.3, 0.4) is 0 Å². The molecule has 0 bridgehead atoms. The van der Waals surface area contributed by atoms with E-state index in [0.29, 0.717) is 16.6 Å². The van der Waals surface area contributed by atoms with Crippen LogP contribution in [0.15, 0.2) is 33.5 Å². The Hall–Kier alpha value is -2.41. The predicted molar refractivity (Wildman–Crippen MR) is 87.8 cm³/mol. The quantitative estimate of drug-likeness (QED) is 0.352. The summed E-state index contributed by atoms with van der Waals surface area (Å²) in [5.74, 6) is 2.41. The number of aliphatic hydroxyl groups excluding tert-OH is 4. The van der Waals surface area contributed by atoms with E-state index in [9.17, 15) is 20.1 Å². The summed E-state index contributed by atoms with van der Waals surface area (Å²) < 4.78 is 10.2. The lowest BCUT2D eigenvalue weighted by Gasteiger charge is -2.40. The van der Waals surface area contributed by atoms with Crippen LogP contribution in [0, 0.1) is 12.3 Å². The Morgan fingerprint density at radius 1 is 1.20 bits per heavy atom. The number of hydrogen-bond acceptors (Lipinski definition) is 8. The first-order valence-electron chi connectivity index (χ1n) is 7.56. The second-order valence-electron chi connectivity index (χ2n) is 5.73. The Bertz CT molecular complexity index is 871. The summed E-state index contributed by atoms with van der Waals surface area (Å²) in [5.41, 5.74) is 0.436. The van der Waals surface area contributed by atoms with Gasteiger partial charge in [0, 0.05) is 28.8 Å². The standard InChI is InChI=1S/C17H17NO7/c1-2-8-5-13(20)24-11-6-9(3-4-10(8)11)18-14-16(22)15(21)12(7-19)25-17(14)23/h1,3-6,12,14-19,21-23H,7H2/t12?,14?,15-,16-,17-/m1/s1. The third kappa shape index (κ3) is 3.24. The van der Waals surface area contributed by atoms with Crippen molar-refractivity contribution < 1.29 is 29.6 Å². The minimum absolute atomic E-state index is 0.236. The third-order valence-electron chi connectivity index (χ3n) is 4.13. The highest BCUT2D eigenvalue weighted by molar-refractivity contribution is 5.85. The Kier molecular flexibility index (Phi) is 4.76. The fourth-order valence-corrected chi connectivity index (χ4v) is 2.82. The van der Waals surface area contributed by atoms with Gasteiger partial charge in [-0.05, 0) is 12.1 Å². The minimum atomic E-state index is -1.46. The van der Waals surface area contributed by atoms with E-state index in [1.165, 1.54) is 12.1 Å². The van der Waals surface area contributed by atoms with Crippen LogP contribution in [0.5, 0.6) is 0 Å². The molecule has 5 atom stereocenters. The number of anilines is 1. The zero-order valence-corrected chi connectivity index (χ0v) is 13.0. The van der Waals surface area contributed by atoms with Crippen molar-refractivity contribution >= 4 is 16.7 Å². The number of hydrogen-bond donors (Lipinski definition) is 5. The molecule has 2 unspecified atom stereocenters. The van der Waals surface area contributed by atoms with Crippen molar-refractivity contribution in [2.75, 3.05) is 11.9 Å². The molecule has 25 heavy (non-hydrogen) atoms. The summed E-state index contributed by atoms with van der Waals surface area (Å²) in [6, 6.07) is 4.89. The second kappa shape index (κ2) is 6.84. The van der Waals surface area contributed by atoms with Crippen molar-refractivity contribution in [3.05, 3.63) is 40.2 Å². The average molecular weight is 347 g/mol. The van der Waals surface area contributed by atoms with Gasteiger partial charge in [0.05, 0.1) is 6.61 Å². The van der Waals surface area contributed by atoms with Gasteiger partial charge in [-0.25, -0.2) is 4.79 Å². The van der Waals surface area contributed by atoms with Gasteiger partial charge in [-0.2, -0.15) is 0 Å². The topological polar surface area (TPSA) is 132 Å². The van der Waals surface area contributed by atoms with Gasteiger partial charge < -0.3 is 34.9 Å². The van der Waals surface area contributed by atoms with Gasteiger partial charge in [0.2, 0.25) is 0 Å². The minimum Gasteiger partial charge on any atom is -0.423 e. The Balaban J connectivity index is 1.90. The molecule has 3 rings (SSSR count). The fraction of sp³-hybridized carbons (Fsp3) is 0.353. The number of nitrogens with one attached hydrogen (secondary N) is 1. The molecule has 2 aromatic rings. The van der Waals surface area contributed by atoms with Crippen LogP contribution in [-0.4, -0.2) is 57.7 Å². The molecule has 1 saturated heterocycles. The number of rotatable bonds is 3. The van der Waals surface area contributed by atoms with E-state index < -0.39 is 42.9 Å².